The molecule has 1 unspecified atom stereocenters. The van der Waals surface area contributed by atoms with E-state index in [4.69, 9.17) is 4.74 Å². The predicted molar refractivity (Wildman–Crippen MR) is 65.7 cm³/mol. The molecule has 1 aliphatic rings. The Hall–Kier alpha value is -1.88. The van der Waals surface area contributed by atoms with Gasteiger partial charge in [0.05, 0.1) is 0 Å². The van der Waals surface area contributed by atoms with E-state index in [-0.39, 0.29) is 12.6 Å². The van der Waals surface area contributed by atoms with Crippen molar-refractivity contribution in [1.29, 1.82) is 0 Å². The van der Waals surface area contributed by atoms with Crippen LogP contribution in [0.2, 0.25) is 0 Å². The Morgan fingerprint density at radius 2 is 2.22 bits per heavy atom. The maximum absolute atomic E-state index is 11.9. The van der Waals surface area contributed by atoms with Gasteiger partial charge in [-0.05, 0) is 5.56 Å². The number of hydrogen-bond acceptors (Lipinski definition) is 4. The molecule has 0 aliphatic carbocycles. The summed E-state index contributed by atoms with van der Waals surface area (Å²) in [6, 6.07) is 8.96. The number of hydrogen-bond donors (Lipinski definition) is 1. The van der Waals surface area contributed by atoms with Gasteiger partial charge in [-0.25, -0.2) is 4.79 Å². The number of rotatable bonds is 4. The average molecular weight is 248 g/mol. The lowest BCUT2D eigenvalue weighted by atomic mass is 10.2. The molecule has 1 aromatic carbocycles. The summed E-state index contributed by atoms with van der Waals surface area (Å²) in [6.07, 6.45) is 0.704. The summed E-state index contributed by atoms with van der Waals surface area (Å²) in [5.74, 6) is -0.363. The van der Waals surface area contributed by atoms with Crippen LogP contribution in [0.3, 0.4) is 0 Å². The second-order valence-electron chi connectivity index (χ2n) is 4.16. The summed E-state index contributed by atoms with van der Waals surface area (Å²) < 4.78 is 5.22. The maximum atomic E-state index is 11.9. The van der Waals surface area contributed by atoms with Crippen LogP contribution in [0.1, 0.15) is 5.56 Å². The van der Waals surface area contributed by atoms with E-state index >= 15 is 0 Å². The van der Waals surface area contributed by atoms with Gasteiger partial charge in [-0.1, -0.05) is 30.3 Å². The van der Waals surface area contributed by atoms with Gasteiger partial charge in [0.15, 0.2) is 0 Å². The monoisotopic (exact) mass is 248 g/mol. The lowest BCUT2D eigenvalue weighted by molar-refractivity contribution is -0.154. The summed E-state index contributed by atoms with van der Waals surface area (Å²) in [5, 5.41) is 3.08. The Morgan fingerprint density at radius 1 is 1.44 bits per heavy atom. The number of nitrogens with one attached hydrogen (secondary N) is 1. The number of nitrogens with zero attached hydrogens (tertiary/aromatic N) is 1. The van der Waals surface area contributed by atoms with Gasteiger partial charge < -0.3 is 15.0 Å². The minimum Gasteiger partial charge on any atom is -0.459 e. The third-order valence-electron chi connectivity index (χ3n) is 2.92. The Morgan fingerprint density at radius 3 is 2.94 bits per heavy atom. The fourth-order valence-electron chi connectivity index (χ4n) is 1.89. The van der Waals surface area contributed by atoms with Crippen LogP contribution in [0.5, 0.6) is 0 Å². The molecule has 1 heterocycles. The first-order valence-electron chi connectivity index (χ1n) is 5.93. The van der Waals surface area contributed by atoms with Crippen LogP contribution in [0.25, 0.3) is 0 Å². The summed E-state index contributed by atoms with van der Waals surface area (Å²) in [5.41, 5.74) is 0.937. The Kier molecular flexibility index (Phi) is 4.30. The SMILES string of the molecule is O=CN1CCNCC1C(=O)OCc1ccccc1. The van der Waals surface area contributed by atoms with Gasteiger partial charge in [-0.3, -0.25) is 4.79 Å². The largest absolute Gasteiger partial charge is 0.459 e. The molecule has 0 radical (unpaired) electrons. The van der Waals surface area contributed by atoms with Crippen LogP contribution in [-0.4, -0.2) is 43.0 Å². The van der Waals surface area contributed by atoms with E-state index in [2.05, 4.69) is 5.32 Å². The average Bonchev–Trinajstić information content (AvgIpc) is 2.45. The molecule has 5 nitrogen and oxygen atoms in total. The van der Waals surface area contributed by atoms with Crippen molar-refractivity contribution in [2.24, 2.45) is 0 Å². The molecule has 1 aromatic rings. The normalized spacial score (nSPS) is 19.3. The summed E-state index contributed by atoms with van der Waals surface area (Å²) >= 11 is 0. The zero-order chi connectivity index (χ0) is 12.8. The summed E-state index contributed by atoms with van der Waals surface area (Å²) in [4.78, 5) is 24.2. The zero-order valence-electron chi connectivity index (χ0n) is 10.0. The highest BCUT2D eigenvalue weighted by molar-refractivity contribution is 5.78. The minimum atomic E-state index is -0.514. The van der Waals surface area contributed by atoms with Crippen LogP contribution in [0, 0.1) is 0 Å². The molecule has 1 saturated heterocycles. The van der Waals surface area contributed by atoms with Crippen LogP contribution in [-0.2, 0) is 20.9 Å². The Labute approximate surface area is 106 Å². The summed E-state index contributed by atoms with van der Waals surface area (Å²) in [6.45, 7) is 1.94. The van der Waals surface area contributed by atoms with E-state index in [9.17, 15) is 9.59 Å². The number of piperazine rings is 1. The van der Waals surface area contributed by atoms with Crippen molar-refractivity contribution >= 4 is 12.4 Å². The zero-order valence-corrected chi connectivity index (χ0v) is 10.0. The first kappa shape index (κ1) is 12.6. The van der Waals surface area contributed by atoms with Gasteiger partial charge in [0.2, 0.25) is 6.41 Å². The summed E-state index contributed by atoms with van der Waals surface area (Å²) in [7, 11) is 0. The number of carbonyl (C=O) groups is 2. The fraction of sp³-hybridized carbons (Fsp3) is 0.385. The molecule has 0 bridgehead atoms. The van der Waals surface area contributed by atoms with Gasteiger partial charge >= 0.3 is 5.97 Å². The molecule has 2 rings (SSSR count). The van der Waals surface area contributed by atoms with Gasteiger partial charge in [-0.2, -0.15) is 0 Å². The van der Waals surface area contributed by atoms with E-state index in [1.54, 1.807) is 0 Å². The van der Waals surface area contributed by atoms with Crippen LogP contribution < -0.4 is 5.32 Å². The predicted octanol–water partition coefficient (Wildman–Crippen LogP) is 0.160. The van der Waals surface area contributed by atoms with Crippen LogP contribution in [0.4, 0.5) is 0 Å². The topological polar surface area (TPSA) is 58.6 Å². The molecule has 0 aromatic heterocycles. The van der Waals surface area contributed by atoms with Crippen LogP contribution in [0.15, 0.2) is 30.3 Å². The van der Waals surface area contributed by atoms with Crippen molar-refractivity contribution in [3.63, 3.8) is 0 Å². The molecule has 96 valence electrons. The lowest BCUT2D eigenvalue weighted by Gasteiger charge is -2.31. The van der Waals surface area contributed by atoms with Crippen molar-refractivity contribution in [3.8, 4) is 0 Å². The van der Waals surface area contributed by atoms with Gasteiger partial charge in [0.1, 0.15) is 12.6 Å². The molecule has 1 N–H and O–H groups in total. The van der Waals surface area contributed by atoms with E-state index in [1.807, 2.05) is 30.3 Å². The second-order valence-corrected chi connectivity index (χ2v) is 4.16. The highest BCUT2D eigenvalue weighted by Crippen LogP contribution is 2.06. The Bertz CT molecular complexity index is 408. The number of benzene rings is 1. The molecule has 1 atom stereocenters. The molecular formula is C13H16N2O3. The van der Waals surface area contributed by atoms with E-state index < -0.39 is 6.04 Å². The second kappa shape index (κ2) is 6.16. The lowest BCUT2D eigenvalue weighted by Crippen LogP contribution is -2.54. The molecule has 1 fully saturated rings. The standard InChI is InChI=1S/C13H16N2O3/c16-10-15-7-6-14-8-12(15)13(17)18-9-11-4-2-1-3-5-11/h1-5,10,12,14H,6-9H2. The molecule has 1 aliphatic heterocycles. The number of carbonyl (C=O) groups excluding carboxylic acids is 2. The Balaban J connectivity index is 1.89. The molecule has 1 amide bonds. The third-order valence-corrected chi connectivity index (χ3v) is 2.92. The number of ether oxygens (including phenoxy) is 1. The van der Waals surface area contributed by atoms with Crippen molar-refractivity contribution in [3.05, 3.63) is 35.9 Å². The highest BCUT2D eigenvalue weighted by atomic mass is 16.5. The number of amides is 1. The first-order chi connectivity index (χ1) is 8.81. The van der Waals surface area contributed by atoms with E-state index in [1.165, 1.54) is 4.90 Å². The van der Waals surface area contributed by atoms with Crippen LogP contribution >= 0.6 is 0 Å². The van der Waals surface area contributed by atoms with Crippen molar-refractivity contribution < 1.29 is 14.3 Å². The van der Waals surface area contributed by atoms with E-state index in [0.29, 0.717) is 26.0 Å². The van der Waals surface area contributed by atoms with Gasteiger partial charge in [-0.15, -0.1) is 0 Å². The maximum Gasteiger partial charge on any atom is 0.330 e. The van der Waals surface area contributed by atoms with Gasteiger partial charge in [0.25, 0.3) is 0 Å². The van der Waals surface area contributed by atoms with Crippen molar-refractivity contribution in [2.45, 2.75) is 12.6 Å². The molecule has 0 saturated carbocycles. The highest BCUT2D eigenvalue weighted by Gasteiger charge is 2.28. The van der Waals surface area contributed by atoms with Crippen molar-refractivity contribution in [2.75, 3.05) is 19.6 Å². The third kappa shape index (κ3) is 3.07. The smallest absolute Gasteiger partial charge is 0.330 e. The number of esters is 1. The molecule has 18 heavy (non-hydrogen) atoms. The fourth-order valence-corrected chi connectivity index (χ4v) is 1.89. The molecule has 5 heteroatoms. The minimum absolute atomic E-state index is 0.239. The first-order valence-corrected chi connectivity index (χ1v) is 5.93. The molecular weight excluding hydrogens is 232 g/mol. The molecule has 0 spiro atoms. The van der Waals surface area contributed by atoms with Crippen molar-refractivity contribution in [1.82, 2.24) is 10.2 Å². The van der Waals surface area contributed by atoms with Gasteiger partial charge in [0, 0.05) is 19.6 Å². The quantitative estimate of drug-likeness (QED) is 0.609. The van der Waals surface area contributed by atoms with E-state index in [0.717, 1.165) is 5.56 Å².